The van der Waals surface area contributed by atoms with Gasteiger partial charge in [-0.15, -0.1) is 0 Å². The zero-order chi connectivity index (χ0) is 67.0. The van der Waals surface area contributed by atoms with Crippen molar-refractivity contribution in [3.63, 3.8) is 0 Å². The molecule has 8 aromatic rings. The molecule has 0 unspecified atom stereocenters. The van der Waals surface area contributed by atoms with Gasteiger partial charge in [0.2, 0.25) is 5.24 Å². The first-order chi connectivity index (χ1) is 45.2. The van der Waals surface area contributed by atoms with Gasteiger partial charge in [-0.3, -0.25) is 28.8 Å². The molecule has 0 bridgehead atoms. The van der Waals surface area contributed by atoms with Crippen molar-refractivity contribution >= 4 is 285 Å². The van der Waals surface area contributed by atoms with Gasteiger partial charge in [0, 0.05) is 273 Å². The predicted octanol–water partition coefficient (Wildman–Crippen LogP) is 10.0. The lowest BCUT2D eigenvalue weighted by molar-refractivity contribution is -0.114. The van der Waals surface area contributed by atoms with Crippen molar-refractivity contribution in [3.05, 3.63) is 211 Å². The number of pyridine rings is 2. The van der Waals surface area contributed by atoms with Gasteiger partial charge in [0.15, 0.2) is 5.78 Å². The SMILES string of the molecule is C=CC(=O)Cc1cccc(C(=O)Nc2cc(Oc3ccc4c(C(=O)NC)cccc4c3)ccn2)c1.C=CC(=O)Cl.CNC(=O)c1cccc2cc(Oc3ccnc(NC(=O)c4cccc(N)c4)c3)ccc12.S=S=S=S=S=S=S=S=S=S=S=S=S=S=S=S=S=S=S=S=S=S. The van der Waals surface area contributed by atoms with Crippen LogP contribution >= 0.6 is 11.6 Å². The molecule has 0 fully saturated rings. The van der Waals surface area contributed by atoms with Crippen LogP contribution in [0.5, 0.6) is 23.0 Å². The number of anilines is 3. The summed E-state index contributed by atoms with van der Waals surface area (Å²) in [6, 6.07) is 42.1. The highest BCUT2D eigenvalue weighted by atomic mass is 35.5. The Morgan fingerprint density at radius 3 is 1.23 bits per heavy atom. The smallest absolute Gasteiger partial charge is 0.256 e. The Morgan fingerprint density at radius 2 is 0.849 bits per heavy atom. The lowest BCUT2D eigenvalue weighted by Gasteiger charge is -2.11. The summed E-state index contributed by atoms with van der Waals surface area (Å²) in [6.45, 7) is 6.55. The second kappa shape index (κ2) is 46.5. The van der Waals surface area contributed by atoms with Gasteiger partial charge in [-0.25, -0.2) is 9.97 Å². The Labute approximate surface area is 606 Å². The van der Waals surface area contributed by atoms with Crippen LogP contribution in [-0.4, -0.2) is 58.7 Å². The topological polar surface area (TPSA) is 221 Å². The standard InChI is InChI=1S/C28H23N3O4.C24H20N4O3.C3H3ClO.S22/c1-3-21(32)15-18-6-4-8-20(14-18)27(33)31-26-17-23(12-13-30-26)35-22-10-11-24-19(16-22)7-5-9-25(24)28(34)29-2;1-26-24(30)21-7-3-4-15-13-18(8-9-20(15)21)31-19-10-11-27-22(14-19)28-23(29)16-5-2-6-17(25)12-16;1-2-3(4)5;1-3-5-7-9-11-13-15-17-19-21-22-20-18-16-14-12-10-8-6-4-2/h3-14,16-17H,1,15H2,2H3,(H,29,34)(H,30,31,33);2-14H,25H2,1H3,(H,26,30)(H,27,28,29);2H,1H2;. The number of ether oxygens (including phenoxy) is 2. The van der Waals surface area contributed by atoms with Gasteiger partial charge in [-0.05, 0) is 142 Å². The number of allylic oxidation sites excluding steroid dienone is 2. The summed E-state index contributed by atoms with van der Waals surface area (Å²) >= 11 is 14.2. The minimum Gasteiger partial charge on any atom is -0.457 e. The molecule has 2 aromatic heterocycles. The zero-order valence-electron chi connectivity index (χ0n) is 47.4. The lowest BCUT2D eigenvalue weighted by atomic mass is 10.0. The third-order valence-corrected chi connectivity index (χ3v) is 53.1. The number of hydrogen-bond acceptors (Lipinski definition) is 13. The molecule has 38 heteroatoms. The monoisotopic (exact) mass is 1670 g/mol. The molecule has 2 heterocycles. The van der Waals surface area contributed by atoms with Gasteiger partial charge in [0.25, 0.3) is 23.6 Å². The average Bonchev–Trinajstić information content (AvgIpc) is 1.40. The second-order valence-electron chi connectivity index (χ2n) is 16.4. The fourth-order valence-electron chi connectivity index (χ4n) is 7.03. The molecule has 15 nitrogen and oxygen atoms in total. The Hall–Kier alpha value is -4.63. The van der Waals surface area contributed by atoms with Crippen LogP contribution in [0.15, 0.2) is 183 Å². The summed E-state index contributed by atoms with van der Waals surface area (Å²) < 4.78 is 11.9. The van der Waals surface area contributed by atoms with E-state index in [1.165, 1.54) is 30.0 Å². The number of rotatable bonds is 14. The molecule has 0 aliphatic rings. The lowest BCUT2D eigenvalue weighted by Crippen LogP contribution is -2.17. The molecule has 8 rings (SSSR count). The molecule has 0 atom stereocenters. The summed E-state index contributed by atoms with van der Waals surface area (Å²) in [4.78, 5) is 78.7. The largest absolute Gasteiger partial charge is 0.457 e. The Kier molecular flexibility index (Phi) is 39.5. The molecule has 0 radical (unpaired) electrons. The number of halogens is 1. The maximum absolute atomic E-state index is 12.7. The molecule has 6 N–H and O–H groups in total. The van der Waals surface area contributed by atoms with Gasteiger partial charge in [-0.2, -0.15) is 0 Å². The minimum absolute atomic E-state index is 0.118. The van der Waals surface area contributed by atoms with Gasteiger partial charge >= 0.3 is 0 Å². The van der Waals surface area contributed by atoms with Gasteiger partial charge in [0.05, 0.1) is 0 Å². The number of nitrogens with one attached hydrogen (secondary N) is 4. The van der Waals surface area contributed by atoms with E-state index >= 15 is 0 Å². The molecule has 6 aromatic carbocycles. The van der Waals surface area contributed by atoms with Gasteiger partial charge < -0.3 is 36.5 Å². The number of fused-ring (bicyclic) bond motifs is 2. The van der Waals surface area contributed by atoms with Gasteiger partial charge in [0.1, 0.15) is 34.6 Å². The fourth-order valence-corrected chi connectivity index (χ4v) is 56.4. The van der Waals surface area contributed by atoms with Crippen molar-refractivity contribution in [1.82, 2.24) is 20.6 Å². The number of amides is 4. The summed E-state index contributed by atoms with van der Waals surface area (Å²) in [5.74, 6) is 1.77. The van der Waals surface area contributed by atoms with Crippen LogP contribution < -0.4 is 36.5 Å². The van der Waals surface area contributed by atoms with Crippen molar-refractivity contribution in [2.75, 3.05) is 30.5 Å². The number of nitrogens with zero attached hydrogens (tertiary/aromatic N) is 2. The van der Waals surface area contributed by atoms with Crippen LogP contribution in [0.3, 0.4) is 0 Å². The number of benzene rings is 6. The molecule has 0 saturated carbocycles. The molecule has 0 aliphatic carbocycles. The van der Waals surface area contributed by atoms with E-state index in [-0.39, 0.29) is 35.8 Å². The van der Waals surface area contributed by atoms with Crippen molar-refractivity contribution in [1.29, 1.82) is 0 Å². The van der Waals surface area contributed by atoms with Crippen LogP contribution in [0, 0.1) is 0 Å². The van der Waals surface area contributed by atoms with Crippen molar-refractivity contribution < 1.29 is 38.2 Å². The minimum atomic E-state index is -0.509. The summed E-state index contributed by atoms with van der Waals surface area (Å²) in [5, 5.41) is 13.7. The zero-order valence-corrected chi connectivity index (χ0v) is 66.1. The van der Waals surface area contributed by atoms with Crippen LogP contribution in [0.25, 0.3) is 21.5 Å². The maximum Gasteiger partial charge on any atom is 0.256 e. The number of aromatic nitrogens is 2. The second-order valence-corrected chi connectivity index (χ2v) is 52.2. The maximum atomic E-state index is 12.7. The molecule has 0 spiro atoms. The number of carbonyl (C=O) groups excluding carboxylic acids is 6. The summed E-state index contributed by atoms with van der Waals surface area (Å²) in [6.07, 6.45) is 5.58. The van der Waals surface area contributed by atoms with Crippen molar-refractivity contribution in [3.8, 4) is 23.0 Å². The number of nitrogens with two attached hydrogens (primary N) is 1. The van der Waals surface area contributed by atoms with Crippen LogP contribution in [0.4, 0.5) is 17.3 Å². The highest BCUT2D eigenvalue weighted by molar-refractivity contribution is 8.78. The first kappa shape index (κ1) is 79.1. The molecular formula is C55H46ClN7O8S22. The van der Waals surface area contributed by atoms with Gasteiger partial charge in [-0.1, -0.05) is 55.6 Å². The van der Waals surface area contributed by atoms with E-state index in [4.69, 9.17) is 49.2 Å². The Bertz CT molecular complexity index is 5060. The quantitative estimate of drug-likeness (QED) is 0.0389. The first-order valence-electron chi connectivity index (χ1n) is 25.1. The third kappa shape index (κ3) is 30.6. The molecule has 0 saturated heterocycles. The molecular weight excluding hydrogens is 1630 g/mol. The van der Waals surface area contributed by atoms with E-state index in [1.54, 1.807) is 277 Å². The van der Waals surface area contributed by atoms with E-state index < -0.39 is 5.24 Å². The number of nitrogen functional groups attached to an aromatic ring is 1. The van der Waals surface area contributed by atoms with Crippen LogP contribution in [-0.2, 0) is 216 Å². The highest BCUT2D eigenvalue weighted by Crippen LogP contribution is 2.30. The number of carbonyl (C=O) groups is 6. The van der Waals surface area contributed by atoms with Crippen molar-refractivity contribution in [2.45, 2.75) is 6.42 Å². The molecule has 93 heavy (non-hydrogen) atoms. The number of hydrogen-bond donors (Lipinski definition) is 5. The van der Waals surface area contributed by atoms with E-state index in [2.05, 4.69) is 44.4 Å². The fraction of sp³-hybridized carbons (Fsp3) is 0.0545. The van der Waals surface area contributed by atoms with E-state index in [0.29, 0.717) is 62.6 Å². The number of ketones is 1. The Balaban J connectivity index is 0.000000250. The van der Waals surface area contributed by atoms with Crippen LogP contribution in [0.2, 0.25) is 0 Å². The summed E-state index contributed by atoms with van der Waals surface area (Å²) in [7, 11) is 37.7. The predicted molar refractivity (Wildman–Crippen MR) is 438 cm³/mol. The summed E-state index contributed by atoms with van der Waals surface area (Å²) in [5.41, 5.74) is 9.00. The molecule has 0 aliphatic heterocycles. The third-order valence-electron chi connectivity index (χ3n) is 10.7. The normalized spacial score (nSPS) is 9.54. The first-order valence-corrected chi connectivity index (χ1v) is 53.5. The van der Waals surface area contributed by atoms with E-state index in [9.17, 15) is 28.8 Å². The van der Waals surface area contributed by atoms with Crippen molar-refractivity contribution in [2.24, 2.45) is 0 Å². The molecule has 488 valence electrons. The molecule has 4 amide bonds. The highest BCUT2D eigenvalue weighted by Gasteiger charge is 2.14. The Morgan fingerprint density at radius 1 is 0.473 bits per heavy atom. The van der Waals surface area contributed by atoms with E-state index in [1.807, 2.05) is 48.5 Å². The van der Waals surface area contributed by atoms with Crippen LogP contribution in [0.1, 0.15) is 47.0 Å². The average molecular weight is 1670 g/mol. The van der Waals surface area contributed by atoms with E-state index in [0.717, 1.165) is 33.2 Å².